The van der Waals surface area contributed by atoms with Gasteiger partial charge >= 0.3 is 0 Å². The zero-order chi connectivity index (χ0) is 15.6. The maximum Gasteiger partial charge on any atom is 0.144 e. The summed E-state index contributed by atoms with van der Waals surface area (Å²) in [6, 6.07) is 0. The first-order valence-electron chi connectivity index (χ1n) is 7.72. The van der Waals surface area contributed by atoms with Crippen LogP contribution in [0.1, 0.15) is 58.0 Å². The van der Waals surface area contributed by atoms with Crippen molar-refractivity contribution in [3.05, 3.63) is 20.6 Å². The molecule has 118 valence electrons. The number of H-pyrrole nitrogens is 1. The molecule has 0 radical (unpaired) electrons. The van der Waals surface area contributed by atoms with Crippen LogP contribution in [0.5, 0.6) is 0 Å². The molecule has 1 heterocycles. The van der Waals surface area contributed by atoms with E-state index in [9.17, 15) is 0 Å². The third-order valence-corrected chi connectivity index (χ3v) is 5.86. The van der Waals surface area contributed by atoms with Gasteiger partial charge in [-0.3, -0.25) is 0 Å². The summed E-state index contributed by atoms with van der Waals surface area (Å²) < 4.78 is 7.47. The second-order valence-electron chi connectivity index (χ2n) is 6.66. The number of rotatable bonds is 4. The smallest absolute Gasteiger partial charge is 0.144 e. The minimum absolute atomic E-state index is 0.299. The van der Waals surface area contributed by atoms with Crippen LogP contribution in [0.2, 0.25) is 0 Å². The highest BCUT2D eigenvalue weighted by molar-refractivity contribution is 9.10. The van der Waals surface area contributed by atoms with Crippen molar-refractivity contribution < 1.29 is 4.74 Å². The van der Waals surface area contributed by atoms with Gasteiger partial charge < -0.3 is 9.72 Å². The average molecular weight is 373 g/mol. The monoisotopic (exact) mass is 372 g/mol. The van der Waals surface area contributed by atoms with E-state index in [1.807, 2.05) is 0 Å². The summed E-state index contributed by atoms with van der Waals surface area (Å²) in [4.78, 5) is 8.13. The molecule has 0 saturated heterocycles. The van der Waals surface area contributed by atoms with E-state index in [1.54, 1.807) is 7.11 Å². The Hall–Kier alpha value is -0.260. The van der Waals surface area contributed by atoms with Gasteiger partial charge in [0.15, 0.2) is 0 Å². The Morgan fingerprint density at radius 2 is 2.05 bits per heavy atom. The Kier molecular flexibility index (Phi) is 5.60. The highest BCUT2D eigenvalue weighted by atomic mass is 79.9. The Bertz CT molecular complexity index is 548. The van der Waals surface area contributed by atoms with E-state index in [1.165, 1.54) is 12.8 Å². The quantitative estimate of drug-likeness (QED) is 0.742. The summed E-state index contributed by atoms with van der Waals surface area (Å²) in [7, 11) is 1.79. The van der Waals surface area contributed by atoms with Gasteiger partial charge in [-0.1, -0.05) is 33.0 Å². The molecule has 0 aromatic carbocycles. The molecule has 1 fully saturated rings. The number of nitrogens with one attached hydrogen (secondary N) is 1. The number of aromatic amines is 1. The average Bonchev–Trinajstić information content (AvgIpc) is 2.44. The number of aromatic nitrogens is 2. The van der Waals surface area contributed by atoms with Crippen molar-refractivity contribution in [1.82, 2.24) is 9.97 Å². The second-order valence-corrected chi connectivity index (χ2v) is 7.84. The van der Waals surface area contributed by atoms with E-state index in [2.05, 4.69) is 46.7 Å². The van der Waals surface area contributed by atoms with Gasteiger partial charge in [-0.15, -0.1) is 0 Å². The second kappa shape index (κ2) is 6.88. The van der Waals surface area contributed by atoms with Crippen LogP contribution in [0, 0.1) is 16.5 Å². The summed E-state index contributed by atoms with van der Waals surface area (Å²) >= 11 is 9.01. The molecule has 1 aliphatic carbocycles. The van der Waals surface area contributed by atoms with Crippen molar-refractivity contribution in [3.8, 4) is 0 Å². The van der Waals surface area contributed by atoms with E-state index < -0.39 is 0 Å². The number of nitrogens with zero attached hydrogens (tertiary/aromatic N) is 1. The van der Waals surface area contributed by atoms with Crippen molar-refractivity contribution in [3.63, 3.8) is 0 Å². The molecule has 3 nitrogen and oxygen atoms in total. The van der Waals surface area contributed by atoms with Crippen LogP contribution in [-0.4, -0.2) is 17.1 Å². The SMILES string of the molecule is COC1(c2nc(=S)c(Br)c(CC(C)C)[nH]2)CCC(C)CC1. The van der Waals surface area contributed by atoms with Crippen molar-refractivity contribution >= 4 is 28.1 Å². The Morgan fingerprint density at radius 1 is 1.43 bits per heavy atom. The van der Waals surface area contributed by atoms with Crippen molar-refractivity contribution in [2.75, 3.05) is 7.11 Å². The van der Waals surface area contributed by atoms with Crippen LogP contribution in [-0.2, 0) is 16.8 Å². The van der Waals surface area contributed by atoms with E-state index in [4.69, 9.17) is 17.0 Å². The van der Waals surface area contributed by atoms with E-state index in [0.29, 0.717) is 10.6 Å². The summed E-state index contributed by atoms with van der Waals surface area (Å²) in [5, 5.41) is 0. The molecule has 1 aliphatic rings. The molecule has 1 aromatic heterocycles. The van der Waals surface area contributed by atoms with Crippen LogP contribution in [0.3, 0.4) is 0 Å². The topological polar surface area (TPSA) is 37.9 Å². The first-order valence-corrected chi connectivity index (χ1v) is 8.92. The predicted molar refractivity (Wildman–Crippen MR) is 92.0 cm³/mol. The number of hydrogen-bond acceptors (Lipinski definition) is 3. The van der Waals surface area contributed by atoms with Gasteiger partial charge in [0.25, 0.3) is 0 Å². The molecule has 1 N–H and O–H groups in total. The molecule has 0 unspecified atom stereocenters. The molecule has 1 saturated carbocycles. The largest absolute Gasteiger partial charge is 0.370 e. The number of hydrogen-bond donors (Lipinski definition) is 1. The Balaban J connectivity index is 2.42. The van der Waals surface area contributed by atoms with Crippen LogP contribution < -0.4 is 0 Å². The number of halogens is 1. The fourth-order valence-corrected chi connectivity index (χ4v) is 3.60. The molecule has 5 heteroatoms. The van der Waals surface area contributed by atoms with E-state index in [0.717, 1.165) is 41.2 Å². The van der Waals surface area contributed by atoms with Crippen LogP contribution in [0.25, 0.3) is 0 Å². The van der Waals surface area contributed by atoms with Gasteiger partial charge in [0.1, 0.15) is 16.1 Å². The lowest BCUT2D eigenvalue weighted by Gasteiger charge is -2.37. The van der Waals surface area contributed by atoms with Crippen LogP contribution in [0.15, 0.2) is 4.47 Å². The summed E-state index contributed by atoms with van der Waals surface area (Å²) in [5.74, 6) is 2.23. The van der Waals surface area contributed by atoms with Crippen molar-refractivity contribution in [2.45, 2.75) is 58.5 Å². The van der Waals surface area contributed by atoms with E-state index >= 15 is 0 Å². The standard InChI is InChI=1S/C16H25BrN2OS/c1-10(2)9-12-13(17)14(21)19-15(18-12)16(20-4)7-5-11(3)6-8-16/h10-11H,5-9H2,1-4H3,(H,18,19,21). The van der Waals surface area contributed by atoms with Crippen LogP contribution >= 0.6 is 28.1 Å². The van der Waals surface area contributed by atoms with Crippen molar-refractivity contribution in [2.24, 2.45) is 11.8 Å². The fourth-order valence-electron chi connectivity index (χ4n) is 3.04. The normalized spacial score (nSPS) is 26.3. The first-order chi connectivity index (χ1) is 9.88. The molecule has 0 atom stereocenters. The molecular formula is C16H25BrN2OS. The lowest BCUT2D eigenvalue weighted by atomic mass is 9.79. The highest BCUT2D eigenvalue weighted by Crippen LogP contribution is 2.41. The molecular weight excluding hydrogens is 348 g/mol. The lowest BCUT2D eigenvalue weighted by molar-refractivity contribution is -0.0600. The van der Waals surface area contributed by atoms with Gasteiger partial charge in [0, 0.05) is 12.8 Å². The van der Waals surface area contributed by atoms with Gasteiger partial charge in [-0.25, -0.2) is 4.98 Å². The summed E-state index contributed by atoms with van der Waals surface area (Å²) in [5.41, 5.74) is 0.835. The molecule has 0 bridgehead atoms. The lowest BCUT2D eigenvalue weighted by Crippen LogP contribution is -2.35. The van der Waals surface area contributed by atoms with Gasteiger partial charge in [-0.05, 0) is 59.9 Å². The molecule has 0 amide bonds. The molecule has 0 spiro atoms. The summed E-state index contributed by atoms with van der Waals surface area (Å²) in [6.45, 7) is 6.72. The predicted octanol–water partition coefficient (Wildman–Crippen LogP) is 5.15. The van der Waals surface area contributed by atoms with E-state index in [-0.39, 0.29) is 5.60 Å². The molecule has 1 aromatic rings. The number of ether oxygens (including phenoxy) is 1. The van der Waals surface area contributed by atoms with Crippen LogP contribution in [0.4, 0.5) is 0 Å². The van der Waals surface area contributed by atoms with Gasteiger partial charge in [0.05, 0.1) is 4.47 Å². The zero-order valence-electron chi connectivity index (χ0n) is 13.3. The Labute approximate surface area is 141 Å². The fraction of sp³-hybridized carbons (Fsp3) is 0.750. The summed E-state index contributed by atoms with van der Waals surface area (Å²) in [6.07, 6.45) is 5.31. The Morgan fingerprint density at radius 3 is 2.57 bits per heavy atom. The molecule has 0 aliphatic heterocycles. The first kappa shape index (κ1) is 17.1. The minimum Gasteiger partial charge on any atom is -0.370 e. The zero-order valence-corrected chi connectivity index (χ0v) is 15.7. The third kappa shape index (κ3) is 3.74. The van der Waals surface area contributed by atoms with Gasteiger partial charge in [-0.2, -0.15) is 0 Å². The van der Waals surface area contributed by atoms with Gasteiger partial charge in [0.2, 0.25) is 0 Å². The third-order valence-electron chi connectivity index (χ3n) is 4.45. The van der Waals surface area contributed by atoms with Crippen molar-refractivity contribution in [1.29, 1.82) is 0 Å². The maximum atomic E-state index is 5.91. The number of methoxy groups -OCH3 is 1. The molecule has 21 heavy (non-hydrogen) atoms. The maximum absolute atomic E-state index is 5.91. The molecule has 2 rings (SSSR count). The minimum atomic E-state index is -0.299. The highest BCUT2D eigenvalue weighted by Gasteiger charge is 2.38.